The summed E-state index contributed by atoms with van der Waals surface area (Å²) in [6.07, 6.45) is 2.45. The van der Waals surface area contributed by atoms with Crippen molar-refractivity contribution < 1.29 is 9.94 Å². The fraction of sp³-hybridized carbons (Fsp3) is 0.368. The van der Waals surface area contributed by atoms with Crippen LogP contribution in [0.1, 0.15) is 37.0 Å². The lowest BCUT2D eigenvalue weighted by Crippen LogP contribution is -2.32. The summed E-state index contributed by atoms with van der Waals surface area (Å²) in [6.45, 7) is 2.41. The molecule has 2 aromatic carbocycles. The molecule has 2 rings (SSSR count). The third-order valence-electron chi connectivity index (χ3n) is 3.64. The van der Waals surface area contributed by atoms with Crippen molar-refractivity contribution in [3.8, 4) is 0 Å². The Kier molecular flexibility index (Phi) is 7.10. The molecule has 0 amide bonds. The molecule has 2 aromatic rings. The van der Waals surface area contributed by atoms with Gasteiger partial charge in [-0.2, -0.15) is 5.48 Å². The first kappa shape index (κ1) is 16.7. The summed E-state index contributed by atoms with van der Waals surface area (Å²) in [4.78, 5) is 5.54. The number of aliphatic hydroxyl groups excluding tert-OH is 1. The second-order valence-electron chi connectivity index (χ2n) is 5.53. The first-order valence-corrected chi connectivity index (χ1v) is 7.94. The first-order chi connectivity index (χ1) is 10.8. The third-order valence-corrected chi connectivity index (χ3v) is 3.64. The lowest BCUT2D eigenvalue weighted by molar-refractivity contribution is -0.0372. The quantitative estimate of drug-likeness (QED) is 0.694. The maximum atomic E-state index is 10.1. The van der Waals surface area contributed by atoms with Crippen molar-refractivity contribution in [3.05, 3.63) is 71.8 Å². The summed E-state index contributed by atoms with van der Waals surface area (Å²) in [5.74, 6) is 0. The molecule has 0 heterocycles. The van der Waals surface area contributed by atoms with Crippen molar-refractivity contribution in [2.24, 2.45) is 0 Å². The maximum Gasteiger partial charge on any atom is 0.104 e. The average Bonchev–Trinajstić information content (AvgIpc) is 2.56. The van der Waals surface area contributed by atoms with Crippen molar-refractivity contribution in [2.45, 2.75) is 38.3 Å². The van der Waals surface area contributed by atoms with E-state index < -0.39 is 6.10 Å². The van der Waals surface area contributed by atoms with Gasteiger partial charge < -0.3 is 5.11 Å². The zero-order valence-electron chi connectivity index (χ0n) is 13.1. The van der Waals surface area contributed by atoms with Gasteiger partial charge in [-0.25, -0.2) is 0 Å². The van der Waals surface area contributed by atoms with E-state index in [9.17, 15) is 5.11 Å². The van der Waals surface area contributed by atoms with E-state index in [1.54, 1.807) is 0 Å². The maximum absolute atomic E-state index is 10.1. The zero-order chi connectivity index (χ0) is 15.6. The second kappa shape index (κ2) is 9.36. The Morgan fingerprint density at radius 2 is 1.64 bits per heavy atom. The highest BCUT2D eigenvalue weighted by atomic mass is 16.6. The Morgan fingerprint density at radius 3 is 2.27 bits per heavy atom. The minimum atomic E-state index is -0.604. The summed E-state index contributed by atoms with van der Waals surface area (Å²) in [7, 11) is 0. The van der Waals surface area contributed by atoms with Gasteiger partial charge in [-0.1, -0.05) is 74.0 Å². The summed E-state index contributed by atoms with van der Waals surface area (Å²) in [5, 5.41) is 10.1. The molecule has 0 spiro atoms. The van der Waals surface area contributed by atoms with Crippen LogP contribution >= 0.6 is 0 Å². The van der Waals surface area contributed by atoms with Gasteiger partial charge in [0.05, 0.1) is 6.61 Å². The molecule has 3 nitrogen and oxygen atoms in total. The van der Waals surface area contributed by atoms with Gasteiger partial charge in [-0.05, 0) is 24.0 Å². The smallest absolute Gasteiger partial charge is 0.104 e. The summed E-state index contributed by atoms with van der Waals surface area (Å²) in [6, 6.07) is 20.2. The highest BCUT2D eigenvalue weighted by Crippen LogP contribution is 2.12. The van der Waals surface area contributed by atoms with Gasteiger partial charge >= 0.3 is 0 Å². The van der Waals surface area contributed by atoms with Gasteiger partial charge in [0.15, 0.2) is 0 Å². The van der Waals surface area contributed by atoms with E-state index in [0.717, 1.165) is 24.8 Å². The number of hydroxylamine groups is 1. The zero-order valence-corrected chi connectivity index (χ0v) is 13.1. The number of rotatable bonds is 9. The highest BCUT2D eigenvalue weighted by Gasteiger charge is 2.11. The predicted molar refractivity (Wildman–Crippen MR) is 89.3 cm³/mol. The molecule has 0 unspecified atom stereocenters. The molecule has 0 radical (unpaired) electrons. The molecule has 0 bridgehead atoms. The Hall–Kier alpha value is -1.68. The molecule has 118 valence electrons. The normalized spacial score (nSPS) is 13.7. The minimum Gasteiger partial charge on any atom is -0.386 e. The largest absolute Gasteiger partial charge is 0.386 e. The Balaban J connectivity index is 1.79. The average molecular weight is 299 g/mol. The fourth-order valence-corrected chi connectivity index (χ4v) is 2.47. The van der Waals surface area contributed by atoms with E-state index in [1.807, 2.05) is 36.4 Å². The molecule has 0 aromatic heterocycles. The highest BCUT2D eigenvalue weighted by molar-refractivity contribution is 5.17. The van der Waals surface area contributed by atoms with E-state index in [0.29, 0.717) is 0 Å². The van der Waals surface area contributed by atoms with Crippen LogP contribution in [0.2, 0.25) is 0 Å². The first-order valence-electron chi connectivity index (χ1n) is 7.94. The van der Waals surface area contributed by atoms with Crippen molar-refractivity contribution in [1.82, 2.24) is 5.48 Å². The standard InChI is InChI=1S/C19H25NO2/c1-2-9-18(14-16-10-5-3-6-11-16)20-22-15-19(21)17-12-7-4-8-13-17/h3-8,10-13,18-21H,2,9,14-15H2,1H3/t18-,19-/m1/s1. The molecule has 0 aliphatic carbocycles. The SMILES string of the molecule is CCC[C@H](Cc1ccccc1)NOC[C@@H](O)c1ccccc1. The molecule has 2 N–H and O–H groups in total. The molecule has 2 atom stereocenters. The topological polar surface area (TPSA) is 41.5 Å². The van der Waals surface area contributed by atoms with Gasteiger partial charge in [-0.3, -0.25) is 4.84 Å². The summed E-state index contributed by atoms with van der Waals surface area (Å²) in [5.41, 5.74) is 5.28. The van der Waals surface area contributed by atoms with Crippen molar-refractivity contribution in [3.63, 3.8) is 0 Å². The Morgan fingerprint density at radius 1 is 1.00 bits per heavy atom. The molecule has 0 saturated heterocycles. The molecule has 0 aliphatic heterocycles. The number of aliphatic hydroxyl groups is 1. The van der Waals surface area contributed by atoms with Crippen LogP contribution in [0, 0.1) is 0 Å². The van der Waals surface area contributed by atoms with Crippen LogP contribution in [-0.2, 0) is 11.3 Å². The second-order valence-corrected chi connectivity index (χ2v) is 5.53. The Labute approximate surface area is 132 Å². The molecule has 22 heavy (non-hydrogen) atoms. The fourth-order valence-electron chi connectivity index (χ4n) is 2.47. The lowest BCUT2D eigenvalue weighted by atomic mass is 10.0. The van der Waals surface area contributed by atoms with Gasteiger partial charge in [0, 0.05) is 6.04 Å². The molecule has 0 saturated carbocycles. The molecular formula is C19H25NO2. The predicted octanol–water partition coefficient (Wildman–Crippen LogP) is 3.65. The molecule has 3 heteroatoms. The minimum absolute atomic E-state index is 0.249. The third kappa shape index (κ3) is 5.60. The van der Waals surface area contributed by atoms with Crippen LogP contribution in [0.4, 0.5) is 0 Å². The summed E-state index contributed by atoms with van der Waals surface area (Å²) < 4.78 is 0. The van der Waals surface area contributed by atoms with Gasteiger partial charge in [0.25, 0.3) is 0 Å². The number of hydrogen-bond acceptors (Lipinski definition) is 3. The number of benzene rings is 2. The number of nitrogens with one attached hydrogen (secondary N) is 1. The van der Waals surface area contributed by atoms with Gasteiger partial charge in [0.2, 0.25) is 0 Å². The van der Waals surface area contributed by atoms with Gasteiger partial charge in [0.1, 0.15) is 6.10 Å². The Bertz CT molecular complexity index is 515. The summed E-state index contributed by atoms with van der Waals surface area (Å²) >= 11 is 0. The van der Waals surface area contributed by atoms with E-state index in [-0.39, 0.29) is 12.6 Å². The monoisotopic (exact) mass is 299 g/mol. The van der Waals surface area contributed by atoms with Crippen LogP contribution in [0.5, 0.6) is 0 Å². The molecule has 0 aliphatic rings. The van der Waals surface area contributed by atoms with Crippen molar-refractivity contribution in [1.29, 1.82) is 0 Å². The van der Waals surface area contributed by atoms with Crippen LogP contribution < -0.4 is 5.48 Å². The van der Waals surface area contributed by atoms with Crippen molar-refractivity contribution in [2.75, 3.05) is 6.61 Å². The lowest BCUT2D eigenvalue weighted by Gasteiger charge is -2.19. The number of hydrogen-bond donors (Lipinski definition) is 2. The van der Waals surface area contributed by atoms with E-state index >= 15 is 0 Å². The molecule has 0 fully saturated rings. The van der Waals surface area contributed by atoms with Crippen LogP contribution in [-0.4, -0.2) is 17.8 Å². The van der Waals surface area contributed by atoms with Crippen LogP contribution in [0.25, 0.3) is 0 Å². The molecular weight excluding hydrogens is 274 g/mol. The van der Waals surface area contributed by atoms with Gasteiger partial charge in [-0.15, -0.1) is 0 Å². The van der Waals surface area contributed by atoms with Crippen LogP contribution in [0.3, 0.4) is 0 Å². The van der Waals surface area contributed by atoms with Crippen LogP contribution in [0.15, 0.2) is 60.7 Å². The van der Waals surface area contributed by atoms with E-state index in [2.05, 4.69) is 36.7 Å². The van der Waals surface area contributed by atoms with E-state index in [1.165, 1.54) is 5.56 Å². The van der Waals surface area contributed by atoms with E-state index in [4.69, 9.17) is 4.84 Å². The van der Waals surface area contributed by atoms with Crippen molar-refractivity contribution >= 4 is 0 Å².